The number of nitrogens with one attached hydrogen (secondary N) is 2. The number of aromatic nitrogens is 2. The number of hydrogen-bond acceptors (Lipinski definition) is 17. The SMILES string of the molecule is C[C@H](c1ccc(COc2cccc3c2CN([C@H]2CCC(=O)NC2=O)C3=O)cc1)N1CCN(c2ncc(C#N)cc2F)CC1.C[C@H](c1ccc(COc2cccc3c2CN([C@H]2CCC(=O)NC2=O)C3=O)cc1)N1CCN(c2ncc(C#N)cc2F)CC1.O=CO. The zero-order chi connectivity index (χ0) is 62.9. The standard InChI is InChI=1S/2C32H31FN6O4.CH2O2/c2*1-20(37-11-13-38(14-12-37)30-26(33)15-22(16-34)17-35-30)23-7-5-21(6-8-23)19-43-28-4-2-3-24-25(28)18-39(32(24)42)27-9-10-29(40)36-31(27)41;2-1-3/h2*2-8,15,17,20,27H,9-14,18-19H2,1H3,(H,36,40,41);1H,(H,2,3)/t2*20-,27+;/m11./s1. The van der Waals surface area contributed by atoms with Crippen LogP contribution in [-0.4, -0.2) is 141 Å². The summed E-state index contributed by atoms with van der Waals surface area (Å²) in [6.07, 6.45) is 3.85. The molecule has 4 fully saturated rings. The van der Waals surface area contributed by atoms with E-state index in [1.807, 2.05) is 58.3 Å². The zero-order valence-electron chi connectivity index (χ0n) is 48.9. The smallest absolute Gasteiger partial charge is 0.290 e. The molecular formula is C65H64F2N12O10. The highest BCUT2D eigenvalue weighted by Gasteiger charge is 2.42. The summed E-state index contributed by atoms with van der Waals surface area (Å²) >= 11 is 0. The molecule has 4 aromatic carbocycles. The van der Waals surface area contributed by atoms with Crippen LogP contribution in [0.2, 0.25) is 0 Å². The second-order valence-corrected chi connectivity index (χ2v) is 22.2. The third-order valence-corrected chi connectivity index (χ3v) is 17.0. The highest BCUT2D eigenvalue weighted by atomic mass is 19.1. The van der Waals surface area contributed by atoms with E-state index in [1.165, 1.54) is 34.3 Å². The van der Waals surface area contributed by atoms with Gasteiger partial charge in [0.05, 0.1) is 24.2 Å². The summed E-state index contributed by atoms with van der Waals surface area (Å²) in [5, 5.41) is 29.5. The van der Waals surface area contributed by atoms with Crippen molar-refractivity contribution in [2.75, 3.05) is 62.2 Å². The molecule has 458 valence electrons. The van der Waals surface area contributed by atoms with Crippen LogP contribution in [-0.2, 0) is 50.3 Å². The van der Waals surface area contributed by atoms with Crippen LogP contribution in [0.3, 0.4) is 0 Å². The molecule has 6 amide bonds. The summed E-state index contributed by atoms with van der Waals surface area (Å²) in [7, 11) is 0. The van der Waals surface area contributed by atoms with Crippen molar-refractivity contribution in [1.82, 2.24) is 40.2 Å². The average molecular weight is 1210 g/mol. The number of carboxylic acid groups (broad SMARTS) is 1. The van der Waals surface area contributed by atoms with Crippen molar-refractivity contribution in [3.05, 3.63) is 177 Å². The molecule has 0 bridgehead atoms. The third kappa shape index (κ3) is 13.8. The Bertz CT molecular complexity index is 3530. The highest BCUT2D eigenvalue weighted by Crippen LogP contribution is 2.37. The number of hydrogen-bond donors (Lipinski definition) is 3. The topological polar surface area (TPSA) is 275 Å². The van der Waals surface area contributed by atoms with E-state index in [-0.39, 0.29) is 90.9 Å². The van der Waals surface area contributed by atoms with Gasteiger partial charge in [-0.1, -0.05) is 60.7 Å². The van der Waals surface area contributed by atoms with Crippen LogP contribution in [0.5, 0.6) is 11.5 Å². The fraction of sp³-hybridized carbons (Fsp3) is 0.338. The van der Waals surface area contributed by atoms with Crippen LogP contribution >= 0.6 is 0 Å². The van der Waals surface area contributed by atoms with Gasteiger partial charge in [-0.15, -0.1) is 0 Å². The molecule has 24 heteroatoms. The fourth-order valence-electron chi connectivity index (χ4n) is 12.0. The van der Waals surface area contributed by atoms with Gasteiger partial charge in [0.15, 0.2) is 23.3 Å². The first-order valence-corrected chi connectivity index (χ1v) is 29.2. The lowest BCUT2D eigenvalue weighted by atomic mass is 10.0. The van der Waals surface area contributed by atoms with Crippen molar-refractivity contribution in [3.8, 4) is 23.6 Å². The molecule has 12 rings (SSSR count). The number of ether oxygens (including phenoxy) is 2. The second kappa shape index (κ2) is 27.7. The molecule has 4 atom stereocenters. The summed E-state index contributed by atoms with van der Waals surface area (Å²) in [4.78, 5) is 102. The van der Waals surface area contributed by atoms with Crippen LogP contribution < -0.4 is 29.9 Å². The Morgan fingerprint density at radius 2 is 0.966 bits per heavy atom. The minimum atomic E-state index is -0.670. The van der Waals surface area contributed by atoms with Crippen molar-refractivity contribution in [1.29, 1.82) is 10.5 Å². The average Bonchev–Trinajstić information content (AvgIpc) is 3.09. The first-order valence-electron chi connectivity index (χ1n) is 29.2. The molecule has 89 heavy (non-hydrogen) atoms. The molecule has 2 aromatic heterocycles. The first-order chi connectivity index (χ1) is 43.0. The Hall–Kier alpha value is -10.2. The number of pyridine rings is 2. The van der Waals surface area contributed by atoms with E-state index in [4.69, 9.17) is 29.9 Å². The van der Waals surface area contributed by atoms with E-state index in [1.54, 1.807) is 24.3 Å². The molecule has 6 aliphatic rings. The number of carbonyl (C=O) groups excluding carboxylic acids is 6. The molecule has 0 unspecified atom stereocenters. The van der Waals surface area contributed by atoms with Crippen molar-refractivity contribution < 1.29 is 56.9 Å². The van der Waals surface area contributed by atoms with Crippen LogP contribution in [0, 0.1) is 34.3 Å². The minimum Gasteiger partial charge on any atom is -0.489 e. The van der Waals surface area contributed by atoms with Gasteiger partial charge in [0.2, 0.25) is 23.6 Å². The van der Waals surface area contributed by atoms with Gasteiger partial charge >= 0.3 is 0 Å². The van der Waals surface area contributed by atoms with Gasteiger partial charge in [-0.2, -0.15) is 10.5 Å². The van der Waals surface area contributed by atoms with Gasteiger partial charge in [-0.3, -0.25) is 54.0 Å². The molecule has 0 spiro atoms. The molecule has 0 radical (unpaired) electrons. The maximum atomic E-state index is 14.4. The van der Waals surface area contributed by atoms with E-state index in [2.05, 4.69) is 68.5 Å². The zero-order valence-corrected chi connectivity index (χ0v) is 48.9. The second-order valence-electron chi connectivity index (χ2n) is 22.2. The lowest BCUT2D eigenvalue weighted by Gasteiger charge is -2.38. The maximum Gasteiger partial charge on any atom is 0.290 e. The van der Waals surface area contributed by atoms with E-state index >= 15 is 0 Å². The van der Waals surface area contributed by atoms with Crippen molar-refractivity contribution in [3.63, 3.8) is 0 Å². The predicted octanol–water partition coefficient (Wildman–Crippen LogP) is 6.33. The van der Waals surface area contributed by atoms with E-state index in [0.29, 0.717) is 74.9 Å². The Labute approximate surface area is 511 Å². The Balaban J connectivity index is 0.000000188. The normalized spacial score (nSPS) is 19.0. The van der Waals surface area contributed by atoms with Crippen molar-refractivity contribution in [2.45, 2.75) is 90.0 Å². The number of fused-ring (bicyclic) bond motifs is 2. The first kappa shape index (κ1) is 61.9. The van der Waals surface area contributed by atoms with E-state index in [9.17, 15) is 37.5 Å². The van der Waals surface area contributed by atoms with Crippen LogP contribution in [0.15, 0.2) is 109 Å². The third-order valence-electron chi connectivity index (χ3n) is 17.0. The van der Waals surface area contributed by atoms with Gasteiger partial charge in [0.25, 0.3) is 18.3 Å². The minimum absolute atomic E-state index is 0.164. The maximum absolute atomic E-state index is 14.4. The van der Waals surface area contributed by atoms with Crippen molar-refractivity contribution >= 4 is 53.6 Å². The number of imide groups is 2. The lowest BCUT2D eigenvalue weighted by molar-refractivity contribution is -0.138. The fourth-order valence-corrected chi connectivity index (χ4v) is 12.0. The molecule has 4 saturated heterocycles. The summed E-state index contributed by atoms with van der Waals surface area (Å²) < 4.78 is 41.2. The summed E-state index contributed by atoms with van der Waals surface area (Å²) in [6.45, 7) is 10.8. The summed E-state index contributed by atoms with van der Waals surface area (Å²) in [6, 6.07) is 32.4. The molecule has 0 aliphatic carbocycles. The van der Waals surface area contributed by atoms with Crippen LogP contribution in [0.1, 0.15) is 117 Å². The van der Waals surface area contributed by atoms with Gasteiger partial charge in [-0.25, -0.2) is 18.7 Å². The van der Waals surface area contributed by atoms with E-state index < -0.39 is 35.5 Å². The van der Waals surface area contributed by atoms with Gasteiger partial charge < -0.3 is 34.2 Å². The molecule has 6 aromatic rings. The number of amides is 6. The van der Waals surface area contributed by atoms with Crippen LogP contribution in [0.4, 0.5) is 20.4 Å². The number of rotatable bonds is 14. The monoisotopic (exact) mass is 1210 g/mol. The number of halogens is 2. The molecule has 22 nitrogen and oxygen atoms in total. The largest absolute Gasteiger partial charge is 0.489 e. The number of piperazine rings is 2. The van der Waals surface area contributed by atoms with Gasteiger partial charge in [-0.05, 0) is 85.3 Å². The number of nitriles is 2. The Morgan fingerprint density at radius 3 is 1.30 bits per heavy atom. The van der Waals surface area contributed by atoms with Gasteiger partial charge in [0.1, 0.15) is 48.9 Å². The Morgan fingerprint density at radius 1 is 0.596 bits per heavy atom. The highest BCUT2D eigenvalue weighted by molar-refractivity contribution is 6.06. The number of piperidine rings is 2. The number of nitrogens with zero attached hydrogens (tertiary/aromatic N) is 10. The van der Waals surface area contributed by atoms with Crippen molar-refractivity contribution in [2.24, 2.45) is 0 Å². The summed E-state index contributed by atoms with van der Waals surface area (Å²) in [5.74, 6) is -1.14. The molecular weight excluding hydrogens is 1150 g/mol. The number of anilines is 2. The molecule has 8 heterocycles. The number of benzene rings is 4. The molecule has 0 saturated carbocycles. The quantitative estimate of drug-likeness (QED) is 0.0793. The summed E-state index contributed by atoms with van der Waals surface area (Å²) in [5.41, 5.74) is 7.22. The number of carbonyl (C=O) groups is 7. The van der Waals surface area contributed by atoms with Crippen LogP contribution in [0.25, 0.3) is 0 Å². The predicted molar refractivity (Wildman–Crippen MR) is 317 cm³/mol. The van der Waals surface area contributed by atoms with E-state index in [0.717, 1.165) is 59.6 Å². The molecule has 3 N–H and O–H groups in total. The molecule has 6 aliphatic heterocycles. The lowest BCUT2D eigenvalue weighted by Crippen LogP contribution is -2.52. The Kier molecular flexibility index (Phi) is 19.3. The van der Waals surface area contributed by atoms with Gasteiger partial charge in [0, 0.05) is 112 Å².